The maximum absolute atomic E-state index is 11.1. The van der Waals surface area contributed by atoms with Crippen molar-refractivity contribution in [2.24, 2.45) is 0 Å². The molecule has 100 valence electrons. The van der Waals surface area contributed by atoms with Gasteiger partial charge in [-0.15, -0.1) is 0 Å². The predicted molar refractivity (Wildman–Crippen MR) is 74.3 cm³/mol. The van der Waals surface area contributed by atoms with Crippen LogP contribution in [-0.4, -0.2) is 16.0 Å². The van der Waals surface area contributed by atoms with Crippen LogP contribution in [0.25, 0.3) is 11.5 Å². The molecule has 2 aromatic rings. The fourth-order valence-electron chi connectivity index (χ4n) is 1.71. The number of hydrogen-bond donors (Lipinski definition) is 1. The van der Waals surface area contributed by atoms with E-state index in [2.05, 4.69) is 31.4 Å². The number of hydrogen-bond acceptors (Lipinski definition) is 4. The van der Waals surface area contributed by atoms with Crippen LogP contribution in [0.5, 0.6) is 0 Å². The average Bonchev–Trinajstić information content (AvgIpc) is 2.85. The van der Waals surface area contributed by atoms with Gasteiger partial charge in [-0.2, -0.15) is 4.98 Å². The molecule has 0 saturated heterocycles. The summed E-state index contributed by atoms with van der Waals surface area (Å²) in [5.41, 5.74) is 0.839. The smallest absolute Gasteiger partial charge is 0.258 e. The van der Waals surface area contributed by atoms with Gasteiger partial charge in [0.15, 0.2) is 5.82 Å². The zero-order valence-electron chi connectivity index (χ0n) is 10.7. The number of rotatable bonds is 4. The van der Waals surface area contributed by atoms with Crippen LogP contribution in [0.3, 0.4) is 0 Å². The van der Waals surface area contributed by atoms with E-state index in [0.717, 1.165) is 10.0 Å². The van der Waals surface area contributed by atoms with Crippen LogP contribution in [0, 0.1) is 0 Å². The summed E-state index contributed by atoms with van der Waals surface area (Å²) in [6.07, 6.45) is 0.705. The van der Waals surface area contributed by atoms with Gasteiger partial charge in [-0.25, -0.2) is 0 Å². The second-order valence-electron chi connectivity index (χ2n) is 4.13. The van der Waals surface area contributed by atoms with E-state index in [1.165, 1.54) is 6.92 Å². The monoisotopic (exact) mass is 323 g/mol. The maximum Gasteiger partial charge on any atom is 0.258 e. The molecule has 0 radical (unpaired) electrons. The number of carbonyl (C=O) groups excluding carboxylic acids is 1. The van der Waals surface area contributed by atoms with Gasteiger partial charge in [-0.3, -0.25) is 4.79 Å². The first-order valence-electron chi connectivity index (χ1n) is 5.96. The van der Waals surface area contributed by atoms with Crippen LogP contribution in [0.4, 0.5) is 0 Å². The third kappa shape index (κ3) is 3.41. The summed E-state index contributed by atoms with van der Waals surface area (Å²) < 4.78 is 6.18. The van der Waals surface area contributed by atoms with E-state index in [1.807, 2.05) is 31.2 Å². The highest BCUT2D eigenvalue weighted by Crippen LogP contribution is 2.23. The quantitative estimate of drug-likeness (QED) is 0.938. The summed E-state index contributed by atoms with van der Waals surface area (Å²) in [7, 11) is 0. The number of benzene rings is 1. The zero-order chi connectivity index (χ0) is 13.8. The average molecular weight is 324 g/mol. The van der Waals surface area contributed by atoms with Crippen LogP contribution in [0.2, 0.25) is 0 Å². The SMILES string of the molecule is CC[C@@H](NC(C)=O)c1noc(-c2cccc(Br)c2)n1. The van der Waals surface area contributed by atoms with E-state index >= 15 is 0 Å². The van der Waals surface area contributed by atoms with Gasteiger partial charge in [-0.1, -0.05) is 34.1 Å². The van der Waals surface area contributed by atoms with Crippen molar-refractivity contribution in [2.45, 2.75) is 26.3 Å². The Morgan fingerprint density at radius 1 is 1.53 bits per heavy atom. The lowest BCUT2D eigenvalue weighted by Crippen LogP contribution is -2.26. The molecule has 0 fully saturated rings. The van der Waals surface area contributed by atoms with Gasteiger partial charge in [0.25, 0.3) is 5.89 Å². The maximum atomic E-state index is 11.1. The van der Waals surface area contributed by atoms with E-state index in [4.69, 9.17) is 4.52 Å². The van der Waals surface area contributed by atoms with Crippen molar-refractivity contribution in [2.75, 3.05) is 0 Å². The molecule has 2 rings (SSSR count). The Kier molecular flexibility index (Phi) is 4.31. The lowest BCUT2D eigenvalue weighted by molar-refractivity contribution is -0.119. The molecule has 0 spiro atoms. The molecule has 1 aromatic carbocycles. The molecule has 0 aliphatic carbocycles. The zero-order valence-corrected chi connectivity index (χ0v) is 12.3. The van der Waals surface area contributed by atoms with Crippen molar-refractivity contribution in [1.29, 1.82) is 0 Å². The Morgan fingerprint density at radius 3 is 2.95 bits per heavy atom. The minimum atomic E-state index is -0.220. The van der Waals surface area contributed by atoms with E-state index in [9.17, 15) is 4.79 Å². The third-order valence-electron chi connectivity index (χ3n) is 2.61. The molecule has 1 atom stereocenters. The first-order valence-corrected chi connectivity index (χ1v) is 6.76. The molecule has 6 heteroatoms. The van der Waals surface area contributed by atoms with Gasteiger partial charge >= 0.3 is 0 Å². The van der Waals surface area contributed by atoms with Crippen LogP contribution in [-0.2, 0) is 4.79 Å². The van der Waals surface area contributed by atoms with Crippen LogP contribution < -0.4 is 5.32 Å². The van der Waals surface area contributed by atoms with Crippen molar-refractivity contribution in [3.63, 3.8) is 0 Å². The first kappa shape index (κ1) is 13.7. The predicted octanol–water partition coefficient (Wildman–Crippen LogP) is 3.09. The van der Waals surface area contributed by atoms with Gasteiger partial charge in [0, 0.05) is 17.0 Å². The Balaban J connectivity index is 2.25. The Morgan fingerprint density at radius 2 is 2.32 bits per heavy atom. The molecular weight excluding hydrogens is 310 g/mol. The van der Waals surface area contributed by atoms with Crippen molar-refractivity contribution >= 4 is 21.8 Å². The molecule has 0 saturated carbocycles. The minimum Gasteiger partial charge on any atom is -0.346 e. The lowest BCUT2D eigenvalue weighted by Gasteiger charge is -2.10. The van der Waals surface area contributed by atoms with Gasteiger partial charge in [-0.05, 0) is 24.6 Å². The minimum absolute atomic E-state index is 0.111. The molecule has 0 aliphatic heterocycles. The van der Waals surface area contributed by atoms with E-state index in [-0.39, 0.29) is 11.9 Å². The summed E-state index contributed by atoms with van der Waals surface area (Å²) in [6, 6.07) is 7.39. The topological polar surface area (TPSA) is 68.0 Å². The normalized spacial score (nSPS) is 12.2. The summed E-state index contributed by atoms with van der Waals surface area (Å²) >= 11 is 3.39. The standard InChI is InChI=1S/C13H14BrN3O2/c1-3-11(15-8(2)18)12-16-13(19-17-12)9-5-4-6-10(14)7-9/h4-7,11H,3H2,1-2H3,(H,15,18)/t11-/m1/s1. The van der Waals surface area contributed by atoms with Gasteiger partial charge in [0.05, 0.1) is 6.04 Å². The van der Waals surface area contributed by atoms with Crippen LogP contribution >= 0.6 is 15.9 Å². The summed E-state index contributed by atoms with van der Waals surface area (Å²) in [6.45, 7) is 3.42. The second kappa shape index (κ2) is 5.97. The van der Waals surface area contributed by atoms with Gasteiger partial charge in [0.2, 0.25) is 5.91 Å². The fourth-order valence-corrected chi connectivity index (χ4v) is 2.11. The molecule has 0 aliphatic rings. The number of nitrogens with zero attached hydrogens (tertiary/aromatic N) is 2. The van der Waals surface area contributed by atoms with E-state index < -0.39 is 0 Å². The molecular formula is C13H14BrN3O2. The van der Waals surface area contributed by atoms with Crippen molar-refractivity contribution < 1.29 is 9.32 Å². The highest BCUT2D eigenvalue weighted by atomic mass is 79.9. The third-order valence-corrected chi connectivity index (χ3v) is 3.10. The number of nitrogens with one attached hydrogen (secondary N) is 1. The van der Waals surface area contributed by atoms with Crippen molar-refractivity contribution in [1.82, 2.24) is 15.5 Å². The molecule has 0 bridgehead atoms. The first-order chi connectivity index (χ1) is 9.10. The molecule has 1 N–H and O–H groups in total. The van der Waals surface area contributed by atoms with E-state index in [0.29, 0.717) is 18.1 Å². The molecule has 0 unspecified atom stereocenters. The number of halogens is 1. The molecule has 1 heterocycles. The van der Waals surface area contributed by atoms with E-state index in [1.54, 1.807) is 0 Å². The number of carbonyl (C=O) groups is 1. The largest absolute Gasteiger partial charge is 0.346 e. The molecule has 5 nitrogen and oxygen atoms in total. The summed E-state index contributed by atoms with van der Waals surface area (Å²) in [5.74, 6) is 0.827. The fraction of sp³-hybridized carbons (Fsp3) is 0.308. The van der Waals surface area contributed by atoms with Crippen LogP contribution in [0.15, 0.2) is 33.3 Å². The lowest BCUT2D eigenvalue weighted by atomic mass is 10.2. The molecule has 19 heavy (non-hydrogen) atoms. The molecule has 1 aromatic heterocycles. The Hall–Kier alpha value is -1.69. The highest BCUT2D eigenvalue weighted by molar-refractivity contribution is 9.10. The van der Waals surface area contributed by atoms with Gasteiger partial charge < -0.3 is 9.84 Å². The second-order valence-corrected chi connectivity index (χ2v) is 5.05. The van der Waals surface area contributed by atoms with Crippen molar-refractivity contribution in [3.8, 4) is 11.5 Å². The summed E-state index contributed by atoms with van der Waals surface area (Å²) in [4.78, 5) is 15.4. The number of aromatic nitrogens is 2. The van der Waals surface area contributed by atoms with Gasteiger partial charge in [0.1, 0.15) is 0 Å². The summed E-state index contributed by atoms with van der Waals surface area (Å²) in [5, 5.41) is 6.72. The Bertz CT molecular complexity index is 583. The highest BCUT2D eigenvalue weighted by Gasteiger charge is 2.18. The Labute approximate surface area is 119 Å². The molecule has 1 amide bonds. The van der Waals surface area contributed by atoms with Crippen LogP contribution in [0.1, 0.15) is 32.1 Å². The number of amides is 1. The van der Waals surface area contributed by atoms with Crippen molar-refractivity contribution in [3.05, 3.63) is 34.6 Å².